The number of carbonyl (C=O) groups excluding carboxylic acids is 2. The van der Waals surface area contributed by atoms with Crippen LogP contribution in [0.3, 0.4) is 0 Å². The lowest BCUT2D eigenvalue weighted by molar-refractivity contribution is -0.139. The number of aromatic amines is 1. The summed E-state index contributed by atoms with van der Waals surface area (Å²) >= 11 is 0. The van der Waals surface area contributed by atoms with E-state index < -0.39 is 5.97 Å². The van der Waals surface area contributed by atoms with Gasteiger partial charge in [0.2, 0.25) is 5.91 Å². The van der Waals surface area contributed by atoms with Crippen LogP contribution < -0.4 is 10.6 Å². The summed E-state index contributed by atoms with van der Waals surface area (Å²) < 4.78 is 4.52. The zero-order valence-corrected chi connectivity index (χ0v) is 10.0. The van der Waals surface area contributed by atoms with Crippen molar-refractivity contribution in [1.29, 1.82) is 0 Å². The third-order valence-corrected chi connectivity index (χ3v) is 2.84. The maximum Gasteiger partial charge on any atom is 0.313 e. The Hall–Kier alpha value is -1.96. The van der Waals surface area contributed by atoms with Gasteiger partial charge in [-0.05, 0) is 12.5 Å². The maximum absolute atomic E-state index is 11.7. The van der Waals surface area contributed by atoms with Crippen molar-refractivity contribution in [2.45, 2.75) is 12.8 Å². The molecule has 1 aliphatic heterocycles. The van der Waals surface area contributed by atoms with E-state index in [-0.39, 0.29) is 24.2 Å². The van der Waals surface area contributed by atoms with Crippen molar-refractivity contribution in [2.75, 3.05) is 25.1 Å². The predicted octanol–water partition coefficient (Wildman–Crippen LogP) is -1.17. The smallest absolute Gasteiger partial charge is 0.313 e. The number of aromatic nitrogens is 3. The van der Waals surface area contributed by atoms with E-state index in [0.29, 0.717) is 25.3 Å². The standard InChI is InChI=1S/C10H15N5O3/c1-18-9(17)3-7-12-10(14-13-7)15-5-6(4-11)2-8(15)16/h6H,2-5,11H2,1H3,(H,12,13,14). The topological polar surface area (TPSA) is 114 Å². The summed E-state index contributed by atoms with van der Waals surface area (Å²) in [7, 11) is 1.30. The minimum Gasteiger partial charge on any atom is -0.469 e. The lowest BCUT2D eigenvalue weighted by atomic mass is 10.1. The molecule has 1 fully saturated rings. The van der Waals surface area contributed by atoms with E-state index in [4.69, 9.17) is 5.73 Å². The number of hydrogen-bond acceptors (Lipinski definition) is 6. The summed E-state index contributed by atoms with van der Waals surface area (Å²) in [6.07, 6.45) is 0.420. The van der Waals surface area contributed by atoms with Crippen LogP contribution in [0.25, 0.3) is 0 Å². The van der Waals surface area contributed by atoms with Gasteiger partial charge >= 0.3 is 5.97 Å². The molecular formula is C10H15N5O3. The van der Waals surface area contributed by atoms with E-state index >= 15 is 0 Å². The summed E-state index contributed by atoms with van der Waals surface area (Å²) in [4.78, 5) is 28.4. The zero-order valence-electron chi connectivity index (χ0n) is 10.0. The van der Waals surface area contributed by atoms with Crippen molar-refractivity contribution in [2.24, 2.45) is 11.7 Å². The quantitative estimate of drug-likeness (QED) is 0.654. The molecule has 0 aliphatic carbocycles. The summed E-state index contributed by atoms with van der Waals surface area (Å²) in [5, 5.41) is 6.54. The van der Waals surface area contributed by atoms with Crippen LogP contribution in [0.5, 0.6) is 0 Å². The van der Waals surface area contributed by atoms with Gasteiger partial charge in [-0.2, -0.15) is 4.98 Å². The Kier molecular flexibility index (Phi) is 3.56. The van der Waals surface area contributed by atoms with Crippen LogP contribution >= 0.6 is 0 Å². The fourth-order valence-electron chi connectivity index (χ4n) is 1.83. The second-order valence-corrected chi connectivity index (χ2v) is 4.15. The molecule has 0 saturated carbocycles. The number of methoxy groups -OCH3 is 1. The van der Waals surface area contributed by atoms with Gasteiger partial charge in [-0.3, -0.25) is 19.6 Å². The van der Waals surface area contributed by atoms with Gasteiger partial charge in [-0.25, -0.2) is 0 Å². The predicted molar refractivity (Wildman–Crippen MR) is 61.6 cm³/mol. The van der Waals surface area contributed by atoms with Crippen molar-refractivity contribution in [3.05, 3.63) is 5.82 Å². The van der Waals surface area contributed by atoms with E-state index in [1.807, 2.05) is 0 Å². The van der Waals surface area contributed by atoms with Crippen LogP contribution in [-0.2, 0) is 20.7 Å². The number of nitrogens with two attached hydrogens (primary N) is 1. The van der Waals surface area contributed by atoms with Crippen molar-refractivity contribution in [3.8, 4) is 0 Å². The van der Waals surface area contributed by atoms with Crippen LogP contribution in [-0.4, -0.2) is 47.3 Å². The molecule has 1 unspecified atom stereocenters. The molecule has 1 saturated heterocycles. The normalized spacial score (nSPS) is 19.3. The first-order valence-electron chi connectivity index (χ1n) is 5.62. The molecule has 18 heavy (non-hydrogen) atoms. The zero-order chi connectivity index (χ0) is 13.1. The van der Waals surface area contributed by atoms with Gasteiger partial charge < -0.3 is 10.5 Å². The number of ether oxygens (including phenoxy) is 1. The summed E-state index contributed by atoms with van der Waals surface area (Å²) in [6, 6.07) is 0. The number of carbonyl (C=O) groups is 2. The number of amides is 1. The first-order chi connectivity index (χ1) is 8.63. The van der Waals surface area contributed by atoms with E-state index in [2.05, 4.69) is 19.9 Å². The molecule has 0 spiro atoms. The van der Waals surface area contributed by atoms with Crippen molar-refractivity contribution < 1.29 is 14.3 Å². The van der Waals surface area contributed by atoms with Crippen molar-refractivity contribution >= 4 is 17.8 Å². The minimum absolute atomic E-state index is 0.00580. The first-order valence-corrected chi connectivity index (χ1v) is 5.62. The molecule has 0 aromatic carbocycles. The molecular weight excluding hydrogens is 238 g/mol. The van der Waals surface area contributed by atoms with E-state index in [1.54, 1.807) is 0 Å². The molecule has 8 nitrogen and oxygen atoms in total. The van der Waals surface area contributed by atoms with Gasteiger partial charge in [-0.15, -0.1) is 5.10 Å². The third-order valence-electron chi connectivity index (χ3n) is 2.84. The van der Waals surface area contributed by atoms with Crippen LogP contribution in [0.4, 0.5) is 5.95 Å². The highest BCUT2D eigenvalue weighted by molar-refractivity contribution is 5.94. The number of nitrogens with zero attached hydrogens (tertiary/aromatic N) is 3. The summed E-state index contributed by atoms with van der Waals surface area (Å²) in [5.41, 5.74) is 5.54. The van der Waals surface area contributed by atoms with Gasteiger partial charge in [0, 0.05) is 13.0 Å². The molecule has 2 heterocycles. The molecule has 1 aliphatic rings. The lowest BCUT2D eigenvalue weighted by Crippen LogP contribution is -2.26. The van der Waals surface area contributed by atoms with Gasteiger partial charge in [0.1, 0.15) is 12.2 Å². The monoisotopic (exact) mass is 253 g/mol. The second kappa shape index (κ2) is 5.13. The van der Waals surface area contributed by atoms with Crippen LogP contribution in [0.1, 0.15) is 12.2 Å². The Balaban J connectivity index is 2.06. The Morgan fingerprint density at radius 3 is 3.06 bits per heavy atom. The van der Waals surface area contributed by atoms with Gasteiger partial charge in [0.25, 0.3) is 5.95 Å². The fourth-order valence-corrected chi connectivity index (χ4v) is 1.83. The highest BCUT2D eigenvalue weighted by Gasteiger charge is 2.32. The fraction of sp³-hybridized carbons (Fsp3) is 0.600. The number of H-pyrrole nitrogens is 1. The van der Waals surface area contributed by atoms with Gasteiger partial charge in [0.05, 0.1) is 7.11 Å². The molecule has 98 valence electrons. The van der Waals surface area contributed by atoms with Gasteiger partial charge in [-0.1, -0.05) is 0 Å². The van der Waals surface area contributed by atoms with E-state index in [1.165, 1.54) is 12.0 Å². The number of rotatable bonds is 4. The first kappa shape index (κ1) is 12.5. The Bertz CT molecular complexity index is 458. The van der Waals surface area contributed by atoms with E-state index in [9.17, 15) is 9.59 Å². The van der Waals surface area contributed by atoms with Crippen molar-refractivity contribution in [1.82, 2.24) is 15.2 Å². The van der Waals surface area contributed by atoms with Crippen LogP contribution in [0.2, 0.25) is 0 Å². The highest BCUT2D eigenvalue weighted by atomic mass is 16.5. The Labute approximate surface area is 103 Å². The number of hydrogen-bond donors (Lipinski definition) is 2. The maximum atomic E-state index is 11.7. The van der Waals surface area contributed by atoms with E-state index in [0.717, 1.165) is 0 Å². The van der Waals surface area contributed by atoms with Crippen LogP contribution in [0, 0.1) is 5.92 Å². The Morgan fingerprint density at radius 2 is 2.44 bits per heavy atom. The van der Waals surface area contributed by atoms with Crippen LogP contribution in [0.15, 0.2) is 0 Å². The Morgan fingerprint density at radius 1 is 1.67 bits per heavy atom. The molecule has 1 aromatic heterocycles. The lowest BCUT2D eigenvalue weighted by Gasteiger charge is -2.10. The molecule has 2 rings (SSSR count). The van der Waals surface area contributed by atoms with Crippen molar-refractivity contribution in [3.63, 3.8) is 0 Å². The molecule has 1 amide bonds. The third kappa shape index (κ3) is 2.48. The summed E-state index contributed by atoms with van der Waals surface area (Å²) in [6.45, 7) is 0.979. The number of esters is 1. The second-order valence-electron chi connectivity index (χ2n) is 4.15. The average Bonchev–Trinajstić information content (AvgIpc) is 2.95. The average molecular weight is 253 g/mol. The number of anilines is 1. The molecule has 0 radical (unpaired) electrons. The molecule has 1 aromatic rings. The number of nitrogens with one attached hydrogen (secondary N) is 1. The molecule has 8 heteroatoms. The SMILES string of the molecule is COC(=O)Cc1nc(N2CC(CN)CC2=O)n[nH]1. The molecule has 1 atom stereocenters. The molecule has 3 N–H and O–H groups in total. The largest absolute Gasteiger partial charge is 0.469 e. The van der Waals surface area contributed by atoms with Gasteiger partial charge in [0.15, 0.2) is 0 Å². The summed E-state index contributed by atoms with van der Waals surface area (Å²) in [5.74, 6) is 0.343. The molecule has 0 bridgehead atoms. The minimum atomic E-state index is -0.412. The highest BCUT2D eigenvalue weighted by Crippen LogP contribution is 2.21.